The van der Waals surface area contributed by atoms with E-state index in [0.717, 1.165) is 26.2 Å². The van der Waals surface area contributed by atoms with E-state index in [0.29, 0.717) is 4.90 Å². The van der Waals surface area contributed by atoms with Crippen LogP contribution in [-0.2, 0) is 0 Å². The Hall–Kier alpha value is -1.99. The molecular weight excluding hydrogens is 311 g/mol. The lowest BCUT2D eigenvalue weighted by Crippen LogP contribution is -2.00. The van der Waals surface area contributed by atoms with E-state index < -0.39 is 11.8 Å². The number of aromatic nitrogens is 2. The molecule has 0 aliphatic heterocycles. The van der Waals surface area contributed by atoms with Gasteiger partial charge in [-0.2, -0.15) is 0 Å². The van der Waals surface area contributed by atoms with Crippen molar-refractivity contribution in [3.8, 4) is 0 Å². The number of aryl methyl sites for hydroxylation is 1. The second-order valence-electron chi connectivity index (χ2n) is 4.30. The van der Waals surface area contributed by atoms with Crippen molar-refractivity contribution in [2.75, 3.05) is 0 Å². The van der Waals surface area contributed by atoms with Crippen molar-refractivity contribution in [3.05, 3.63) is 46.9 Å². The third kappa shape index (κ3) is 2.74. The highest BCUT2D eigenvalue weighted by atomic mass is 32.2. The smallest absolute Gasteiger partial charge is 0.338 e. The van der Waals surface area contributed by atoms with Crippen LogP contribution in [0.15, 0.2) is 40.5 Å². The van der Waals surface area contributed by atoms with Crippen LogP contribution in [0.4, 0.5) is 4.39 Å². The minimum atomic E-state index is -1.28. The Balaban J connectivity index is 2.02. The maximum absolute atomic E-state index is 13.4. The predicted octanol–water partition coefficient (Wildman–Crippen LogP) is 3.99. The highest BCUT2D eigenvalue weighted by molar-refractivity contribution is 7.99. The van der Waals surface area contributed by atoms with Crippen molar-refractivity contribution in [1.82, 2.24) is 9.97 Å². The molecule has 0 fully saturated rings. The zero-order chi connectivity index (χ0) is 15.0. The van der Waals surface area contributed by atoms with E-state index in [4.69, 9.17) is 5.11 Å². The standard InChI is InChI=1S/C14H9FN2O2S2/c1-7-4-10-12(20-7)16-6-17-13(10)21-8-2-3-11(15)9(5-8)14(18)19/h2-6H,1H3,(H,18,19). The van der Waals surface area contributed by atoms with Gasteiger partial charge in [0.2, 0.25) is 0 Å². The molecular formula is C14H9FN2O2S2. The summed E-state index contributed by atoms with van der Waals surface area (Å²) >= 11 is 2.87. The summed E-state index contributed by atoms with van der Waals surface area (Å²) in [6.07, 6.45) is 1.47. The van der Waals surface area contributed by atoms with Crippen molar-refractivity contribution in [2.45, 2.75) is 16.8 Å². The average Bonchev–Trinajstić information content (AvgIpc) is 2.82. The van der Waals surface area contributed by atoms with Gasteiger partial charge in [0.25, 0.3) is 0 Å². The van der Waals surface area contributed by atoms with Crippen LogP contribution >= 0.6 is 23.1 Å². The second kappa shape index (κ2) is 5.42. The molecule has 1 aromatic carbocycles. The minimum absolute atomic E-state index is 0.341. The number of thiophene rings is 1. The van der Waals surface area contributed by atoms with E-state index in [-0.39, 0.29) is 5.56 Å². The van der Waals surface area contributed by atoms with E-state index in [2.05, 4.69) is 9.97 Å². The molecule has 1 N–H and O–H groups in total. The van der Waals surface area contributed by atoms with Gasteiger partial charge in [0.05, 0.1) is 5.56 Å². The fraction of sp³-hybridized carbons (Fsp3) is 0.0714. The molecule has 0 unspecified atom stereocenters. The number of carboxylic acids is 1. The molecule has 4 nitrogen and oxygen atoms in total. The number of carboxylic acid groups (broad SMARTS) is 1. The van der Waals surface area contributed by atoms with Crippen LogP contribution in [-0.4, -0.2) is 21.0 Å². The van der Waals surface area contributed by atoms with Crippen LogP contribution in [0.25, 0.3) is 10.2 Å². The topological polar surface area (TPSA) is 63.1 Å². The van der Waals surface area contributed by atoms with Gasteiger partial charge in [-0.15, -0.1) is 11.3 Å². The molecule has 0 aliphatic rings. The lowest BCUT2D eigenvalue weighted by Gasteiger charge is -2.04. The maximum atomic E-state index is 13.4. The third-order valence-corrected chi connectivity index (χ3v) is 4.77. The van der Waals surface area contributed by atoms with E-state index in [9.17, 15) is 9.18 Å². The molecule has 21 heavy (non-hydrogen) atoms. The zero-order valence-electron chi connectivity index (χ0n) is 10.8. The summed E-state index contributed by atoms with van der Waals surface area (Å²) in [6, 6.07) is 6.00. The first-order chi connectivity index (χ1) is 10.0. The summed E-state index contributed by atoms with van der Waals surface area (Å²) in [6.45, 7) is 1.99. The molecule has 0 spiro atoms. The fourth-order valence-corrected chi connectivity index (χ4v) is 3.69. The number of carbonyl (C=O) groups is 1. The first-order valence-electron chi connectivity index (χ1n) is 5.96. The van der Waals surface area contributed by atoms with Crippen LogP contribution in [0.1, 0.15) is 15.2 Å². The van der Waals surface area contributed by atoms with E-state index >= 15 is 0 Å². The number of halogens is 1. The molecule has 2 aromatic heterocycles. The average molecular weight is 320 g/mol. The Bertz CT molecular complexity index is 848. The quantitative estimate of drug-likeness (QED) is 0.739. The molecule has 0 bridgehead atoms. The van der Waals surface area contributed by atoms with Gasteiger partial charge in [0, 0.05) is 15.2 Å². The number of aromatic carboxylic acids is 1. The first-order valence-corrected chi connectivity index (χ1v) is 7.60. The van der Waals surface area contributed by atoms with Gasteiger partial charge in [0.15, 0.2) is 0 Å². The normalized spacial score (nSPS) is 11.0. The van der Waals surface area contributed by atoms with Crippen molar-refractivity contribution in [2.24, 2.45) is 0 Å². The van der Waals surface area contributed by atoms with E-state index in [1.165, 1.54) is 24.2 Å². The SMILES string of the molecule is Cc1cc2c(Sc3ccc(F)c(C(=O)O)c3)ncnc2s1. The monoisotopic (exact) mass is 320 g/mol. The Morgan fingerprint density at radius 1 is 1.33 bits per heavy atom. The van der Waals surface area contributed by atoms with Crippen molar-refractivity contribution < 1.29 is 14.3 Å². The summed E-state index contributed by atoms with van der Waals surface area (Å²) < 4.78 is 13.4. The number of rotatable bonds is 3. The Kier molecular flexibility index (Phi) is 3.60. The summed E-state index contributed by atoms with van der Waals surface area (Å²) in [5, 5.41) is 10.6. The fourth-order valence-electron chi connectivity index (χ4n) is 1.88. The lowest BCUT2D eigenvalue weighted by atomic mass is 10.2. The molecule has 0 atom stereocenters. The third-order valence-electron chi connectivity index (χ3n) is 2.80. The molecule has 3 rings (SSSR count). The van der Waals surface area contributed by atoms with Gasteiger partial charge in [0.1, 0.15) is 22.0 Å². The molecule has 0 saturated carbocycles. The number of hydrogen-bond acceptors (Lipinski definition) is 5. The molecule has 0 saturated heterocycles. The summed E-state index contributed by atoms with van der Waals surface area (Å²) in [7, 11) is 0. The van der Waals surface area contributed by atoms with Crippen molar-refractivity contribution >= 4 is 39.3 Å². The molecule has 106 valence electrons. The molecule has 0 aliphatic carbocycles. The molecule has 0 amide bonds. The van der Waals surface area contributed by atoms with Gasteiger partial charge in [-0.3, -0.25) is 0 Å². The Labute approximate surface area is 127 Å². The van der Waals surface area contributed by atoms with Crippen LogP contribution < -0.4 is 0 Å². The molecule has 0 radical (unpaired) electrons. The summed E-state index contributed by atoms with van der Waals surface area (Å²) in [5.41, 5.74) is -0.341. The van der Waals surface area contributed by atoms with Crippen LogP contribution in [0, 0.1) is 12.7 Å². The minimum Gasteiger partial charge on any atom is -0.478 e. The number of hydrogen-bond donors (Lipinski definition) is 1. The molecule has 3 aromatic rings. The zero-order valence-corrected chi connectivity index (χ0v) is 12.5. The second-order valence-corrected chi connectivity index (χ2v) is 6.60. The number of benzene rings is 1. The molecule has 2 heterocycles. The Morgan fingerprint density at radius 2 is 2.14 bits per heavy atom. The predicted molar refractivity (Wildman–Crippen MR) is 79.6 cm³/mol. The van der Waals surface area contributed by atoms with Gasteiger partial charge < -0.3 is 5.11 Å². The first kappa shape index (κ1) is 14.0. The summed E-state index contributed by atoms with van der Waals surface area (Å²) in [5.74, 6) is -2.03. The lowest BCUT2D eigenvalue weighted by molar-refractivity contribution is 0.0691. The van der Waals surface area contributed by atoms with Crippen LogP contribution in [0.3, 0.4) is 0 Å². The van der Waals surface area contributed by atoms with Crippen LogP contribution in [0.2, 0.25) is 0 Å². The highest BCUT2D eigenvalue weighted by Crippen LogP contribution is 2.34. The van der Waals surface area contributed by atoms with E-state index in [1.54, 1.807) is 17.4 Å². The van der Waals surface area contributed by atoms with Gasteiger partial charge in [-0.25, -0.2) is 19.2 Å². The Morgan fingerprint density at radius 3 is 2.90 bits per heavy atom. The van der Waals surface area contributed by atoms with Crippen LogP contribution in [0.5, 0.6) is 0 Å². The van der Waals surface area contributed by atoms with Gasteiger partial charge in [-0.05, 0) is 31.2 Å². The van der Waals surface area contributed by atoms with E-state index in [1.807, 2.05) is 13.0 Å². The summed E-state index contributed by atoms with van der Waals surface area (Å²) in [4.78, 5) is 22.0. The van der Waals surface area contributed by atoms with Gasteiger partial charge >= 0.3 is 5.97 Å². The van der Waals surface area contributed by atoms with Gasteiger partial charge in [-0.1, -0.05) is 11.8 Å². The van der Waals surface area contributed by atoms with Crippen molar-refractivity contribution in [3.63, 3.8) is 0 Å². The number of fused-ring (bicyclic) bond motifs is 1. The maximum Gasteiger partial charge on any atom is 0.338 e. The highest BCUT2D eigenvalue weighted by Gasteiger charge is 2.13. The molecule has 7 heteroatoms. The number of nitrogens with zero attached hydrogens (tertiary/aromatic N) is 2. The van der Waals surface area contributed by atoms with Crippen molar-refractivity contribution in [1.29, 1.82) is 0 Å². The largest absolute Gasteiger partial charge is 0.478 e.